The fourth-order valence-electron chi connectivity index (χ4n) is 5.80. The number of nitrogens with one attached hydrogen (secondary N) is 1. The molecule has 4 nitrogen and oxygen atoms in total. The van der Waals surface area contributed by atoms with E-state index in [1.54, 1.807) is 13.2 Å². The van der Waals surface area contributed by atoms with Crippen LogP contribution in [0.2, 0.25) is 0 Å². The zero-order valence-electron chi connectivity index (χ0n) is 14.9. The standard InChI is InChI=1S/C20H26FNO3/c1-24-18-4-3-14(10-17(18)21)19(23)22-11-20(25-2)15-6-12-5-13(8-15)9-16(20)7-12/h3-4,10,12-13,15-16H,5-9,11H2,1-2H3,(H,22,23). The van der Waals surface area contributed by atoms with Crippen LogP contribution in [-0.4, -0.2) is 32.3 Å². The molecule has 5 heteroatoms. The first-order valence-corrected chi connectivity index (χ1v) is 9.22. The topological polar surface area (TPSA) is 47.6 Å². The molecule has 0 saturated heterocycles. The molecule has 1 aromatic carbocycles. The maximum absolute atomic E-state index is 13.9. The van der Waals surface area contributed by atoms with E-state index in [1.807, 2.05) is 0 Å². The number of benzene rings is 1. The van der Waals surface area contributed by atoms with E-state index < -0.39 is 5.82 Å². The number of hydrogen-bond donors (Lipinski definition) is 1. The van der Waals surface area contributed by atoms with Crippen LogP contribution in [-0.2, 0) is 4.74 Å². The predicted molar refractivity (Wildman–Crippen MR) is 92.1 cm³/mol. The SMILES string of the molecule is COc1ccc(C(=O)NCC2(OC)C3CC4CC(C3)CC2C4)cc1F. The van der Waals surface area contributed by atoms with E-state index in [4.69, 9.17) is 9.47 Å². The summed E-state index contributed by atoms with van der Waals surface area (Å²) in [7, 11) is 3.19. The second-order valence-corrected chi connectivity index (χ2v) is 8.00. The molecule has 4 saturated carbocycles. The Bertz CT molecular complexity index is 647. The Hall–Kier alpha value is -1.62. The first kappa shape index (κ1) is 16.8. The van der Waals surface area contributed by atoms with Crippen molar-refractivity contribution in [2.45, 2.75) is 37.7 Å². The molecular weight excluding hydrogens is 321 g/mol. The Labute approximate surface area is 148 Å². The average Bonchev–Trinajstić information content (AvgIpc) is 2.61. The van der Waals surface area contributed by atoms with Gasteiger partial charge in [0.25, 0.3) is 5.91 Å². The fourth-order valence-corrected chi connectivity index (χ4v) is 5.80. The van der Waals surface area contributed by atoms with E-state index in [0.717, 1.165) is 11.8 Å². The lowest BCUT2D eigenvalue weighted by Gasteiger charge is -2.60. The smallest absolute Gasteiger partial charge is 0.251 e. The number of methoxy groups -OCH3 is 2. The van der Waals surface area contributed by atoms with Gasteiger partial charge in [0.05, 0.1) is 12.7 Å². The van der Waals surface area contributed by atoms with Gasteiger partial charge < -0.3 is 14.8 Å². The normalized spacial score (nSPS) is 35.6. The maximum atomic E-state index is 13.9. The minimum absolute atomic E-state index is 0.144. The van der Waals surface area contributed by atoms with Gasteiger partial charge in [-0.15, -0.1) is 0 Å². The summed E-state index contributed by atoms with van der Waals surface area (Å²) in [6.45, 7) is 0.505. The van der Waals surface area contributed by atoms with Crippen LogP contribution in [0, 0.1) is 29.5 Å². The van der Waals surface area contributed by atoms with Crippen LogP contribution in [0.1, 0.15) is 42.5 Å². The molecule has 5 rings (SSSR count). The quantitative estimate of drug-likeness (QED) is 0.888. The summed E-state index contributed by atoms with van der Waals surface area (Å²) in [6.07, 6.45) is 6.24. The van der Waals surface area contributed by atoms with Crippen LogP contribution >= 0.6 is 0 Å². The summed E-state index contributed by atoms with van der Waals surface area (Å²) in [5.41, 5.74) is 0.0574. The van der Waals surface area contributed by atoms with Gasteiger partial charge in [0.1, 0.15) is 0 Å². The van der Waals surface area contributed by atoms with Crippen molar-refractivity contribution < 1.29 is 18.7 Å². The molecule has 0 radical (unpaired) electrons. The second kappa shape index (κ2) is 6.27. The molecule has 0 aromatic heterocycles. The van der Waals surface area contributed by atoms with Crippen LogP contribution in [0.5, 0.6) is 5.75 Å². The van der Waals surface area contributed by atoms with Crippen molar-refractivity contribution in [3.63, 3.8) is 0 Å². The summed E-state index contributed by atoms with van der Waals surface area (Å²) in [6, 6.07) is 4.30. The fraction of sp³-hybridized carbons (Fsp3) is 0.650. The summed E-state index contributed by atoms with van der Waals surface area (Å²) in [5.74, 6) is 2.11. The maximum Gasteiger partial charge on any atom is 0.251 e. The van der Waals surface area contributed by atoms with E-state index in [0.29, 0.717) is 23.9 Å². The van der Waals surface area contributed by atoms with Gasteiger partial charge in [0.15, 0.2) is 11.6 Å². The van der Waals surface area contributed by atoms with Crippen molar-refractivity contribution in [1.29, 1.82) is 0 Å². The Morgan fingerprint density at radius 3 is 2.32 bits per heavy atom. The molecule has 0 heterocycles. The van der Waals surface area contributed by atoms with Crippen molar-refractivity contribution in [1.82, 2.24) is 5.32 Å². The van der Waals surface area contributed by atoms with Crippen LogP contribution in [0.15, 0.2) is 18.2 Å². The van der Waals surface area contributed by atoms with Crippen LogP contribution in [0.3, 0.4) is 0 Å². The van der Waals surface area contributed by atoms with Gasteiger partial charge in [-0.2, -0.15) is 0 Å². The first-order chi connectivity index (χ1) is 12.1. The van der Waals surface area contributed by atoms with Crippen molar-refractivity contribution in [2.75, 3.05) is 20.8 Å². The zero-order valence-corrected chi connectivity index (χ0v) is 14.9. The highest BCUT2D eigenvalue weighted by atomic mass is 19.1. The Balaban J connectivity index is 1.48. The lowest BCUT2D eigenvalue weighted by Crippen LogP contribution is -2.63. The van der Waals surface area contributed by atoms with E-state index in [-0.39, 0.29) is 17.3 Å². The monoisotopic (exact) mass is 347 g/mol. The molecule has 4 bridgehead atoms. The summed E-state index contributed by atoms with van der Waals surface area (Å²) < 4.78 is 24.8. The highest BCUT2D eigenvalue weighted by Crippen LogP contribution is 2.59. The number of hydrogen-bond acceptors (Lipinski definition) is 3. The van der Waals surface area contributed by atoms with Crippen molar-refractivity contribution >= 4 is 5.91 Å². The van der Waals surface area contributed by atoms with Crippen molar-refractivity contribution in [3.8, 4) is 5.75 Å². The molecule has 0 unspecified atom stereocenters. The van der Waals surface area contributed by atoms with Crippen molar-refractivity contribution in [2.24, 2.45) is 23.7 Å². The first-order valence-electron chi connectivity index (χ1n) is 9.22. The van der Waals surface area contributed by atoms with Gasteiger partial charge >= 0.3 is 0 Å². The molecule has 4 aliphatic carbocycles. The Morgan fingerprint density at radius 2 is 1.80 bits per heavy atom. The van der Waals surface area contributed by atoms with Gasteiger partial charge in [0.2, 0.25) is 0 Å². The number of halogens is 1. The lowest BCUT2D eigenvalue weighted by atomic mass is 9.49. The summed E-state index contributed by atoms with van der Waals surface area (Å²) in [4.78, 5) is 12.5. The lowest BCUT2D eigenvalue weighted by molar-refractivity contribution is -0.186. The highest BCUT2D eigenvalue weighted by molar-refractivity contribution is 5.94. The largest absolute Gasteiger partial charge is 0.494 e. The number of ether oxygens (including phenoxy) is 2. The van der Waals surface area contributed by atoms with E-state index >= 15 is 0 Å². The van der Waals surface area contributed by atoms with Gasteiger partial charge in [-0.05, 0) is 74.0 Å². The third-order valence-corrected chi connectivity index (χ3v) is 6.84. The molecule has 1 aromatic rings. The number of rotatable bonds is 5. The predicted octanol–water partition coefficient (Wildman–Crippen LogP) is 3.41. The van der Waals surface area contributed by atoms with E-state index in [2.05, 4.69) is 5.32 Å². The van der Waals surface area contributed by atoms with Crippen LogP contribution in [0.4, 0.5) is 4.39 Å². The van der Waals surface area contributed by atoms with Gasteiger partial charge in [-0.3, -0.25) is 4.79 Å². The second-order valence-electron chi connectivity index (χ2n) is 8.00. The molecular formula is C20H26FNO3. The number of carbonyl (C=O) groups is 1. The third kappa shape index (κ3) is 2.73. The van der Waals surface area contributed by atoms with Gasteiger partial charge in [-0.25, -0.2) is 4.39 Å². The molecule has 136 valence electrons. The molecule has 1 N–H and O–H groups in total. The third-order valence-electron chi connectivity index (χ3n) is 6.84. The van der Waals surface area contributed by atoms with Gasteiger partial charge in [0, 0.05) is 19.2 Å². The van der Waals surface area contributed by atoms with Gasteiger partial charge in [-0.1, -0.05) is 0 Å². The van der Waals surface area contributed by atoms with E-state index in [9.17, 15) is 9.18 Å². The minimum Gasteiger partial charge on any atom is -0.494 e. The highest BCUT2D eigenvalue weighted by Gasteiger charge is 2.57. The Morgan fingerprint density at radius 1 is 1.16 bits per heavy atom. The number of amides is 1. The Kier molecular flexibility index (Phi) is 4.22. The average molecular weight is 347 g/mol. The molecule has 0 aliphatic heterocycles. The molecule has 1 amide bonds. The molecule has 4 aliphatic rings. The molecule has 4 fully saturated rings. The molecule has 25 heavy (non-hydrogen) atoms. The van der Waals surface area contributed by atoms with Crippen molar-refractivity contribution in [3.05, 3.63) is 29.6 Å². The van der Waals surface area contributed by atoms with Crippen LogP contribution in [0.25, 0.3) is 0 Å². The minimum atomic E-state index is -0.522. The molecule has 0 atom stereocenters. The zero-order chi connectivity index (χ0) is 17.6. The van der Waals surface area contributed by atoms with Crippen LogP contribution < -0.4 is 10.1 Å². The number of carbonyl (C=O) groups excluding carboxylic acids is 1. The van der Waals surface area contributed by atoms with E-state index in [1.165, 1.54) is 51.3 Å². The summed E-state index contributed by atoms with van der Waals surface area (Å²) >= 11 is 0. The summed E-state index contributed by atoms with van der Waals surface area (Å²) in [5, 5.41) is 3.01. The molecule has 0 spiro atoms.